The summed E-state index contributed by atoms with van der Waals surface area (Å²) < 4.78 is 0. The minimum atomic E-state index is 1.08. The normalized spacial score (nSPS) is 11.6. The van der Waals surface area contributed by atoms with Crippen LogP contribution in [0, 0.1) is 0 Å². The third-order valence-electron chi connectivity index (χ3n) is 1.79. The number of allylic oxidation sites excluding steroid dienone is 5. The van der Waals surface area contributed by atoms with Gasteiger partial charge in [-0.3, -0.25) is 0 Å². The molecule has 0 radical (unpaired) electrons. The Balaban J connectivity index is 2.89. The van der Waals surface area contributed by atoms with Gasteiger partial charge in [0.1, 0.15) is 0 Å². The van der Waals surface area contributed by atoms with Gasteiger partial charge < -0.3 is 0 Å². The van der Waals surface area contributed by atoms with E-state index >= 15 is 0 Å². The second-order valence-corrected chi connectivity index (χ2v) is 2.85. The average Bonchev–Trinajstić information content (AvgIpc) is 2.25. The summed E-state index contributed by atoms with van der Waals surface area (Å²) in [6.07, 6.45) is 9.53. The van der Waals surface area contributed by atoms with Gasteiger partial charge >= 0.3 is 0 Å². The van der Waals surface area contributed by atoms with Crippen molar-refractivity contribution in [3.63, 3.8) is 0 Å². The average molecular weight is 182 g/mol. The first-order valence-corrected chi connectivity index (χ1v) is 4.55. The molecule has 0 heteroatoms. The fourth-order valence-electron chi connectivity index (χ4n) is 1.10. The molecule has 14 heavy (non-hydrogen) atoms. The zero-order valence-electron chi connectivity index (χ0n) is 8.19. The Labute approximate surface area is 85.6 Å². The molecule has 1 aromatic carbocycles. The Kier molecular flexibility index (Phi) is 4.22. The number of hydrogen-bond donors (Lipinski definition) is 0. The van der Waals surface area contributed by atoms with Crippen LogP contribution in [0.3, 0.4) is 0 Å². The van der Waals surface area contributed by atoms with Crippen LogP contribution < -0.4 is 0 Å². The van der Waals surface area contributed by atoms with E-state index in [0.29, 0.717) is 0 Å². The minimum Gasteiger partial charge on any atom is -0.0991 e. The number of benzene rings is 1. The molecule has 0 aliphatic rings. The topological polar surface area (TPSA) is 0 Å². The fourth-order valence-corrected chi connectivity index (χ4v) is 1.10. The highest BCUT2D eigenvalue weighted by molar-refractivity contribution is 5.59. The molecule has 0 N–H and O–H groups in total. The molecule has 0 nitrogen and oxygen atoms in total. The van der Waals surface area contributed by atoms with Gasteiger partial charge in [-0.15, -0.1) is 0 Å². The molecular formula is C14H14. The van der Waals surface area contributed by atoms with E-state index < -0.39 is 0 Å². The summed E-state index contributed by atoms with van der Waals surface area (Å²) in [5, 5.41) is 0. The summed E-state index contributed by atoms with van der Waals surface area (Å²) in [4.78, 5) is 0. The van der Waals surface area contributed by atoms with E-state index in [1.54, 1.807) is 6.08 Å². The van der Waals surface area contributed by atoms with Crippen molar-refractivity contribution in [1.29, 1.82) is 0 Å². The Hall–Kier alpha value is -1.82. The summed E-state index contributed by atoms with van der Waals surface area (Å²) in [7, 11) is 0. The molecule has 0 saturated heterocycles. The van der Waals surface area contributed by atoms with E-state index in [4.69, 9.17) is 0 Å². The zero-order valence-corrected chi connectivity index (χ0v) is 8.19. The maximum absolute atomic E-state index is 3.76. The summed E-state index contributed by atoms with van der Waals surface area (Å²) >= 11 is 0. The van der Waals surface area contributed by atoms with Gasteiger partial charge in [-0.05, 0) is 17.2 Å². The molecule has 0 atom stereocenters. The third kappa shape index (κ3) is 3.28. The summed E-state index contributed by atoms with van der Waals surface area (Å²) in [6, 6.07) is 10.2. The SMILES string of the molecule is C=CC=CC(C=C)=Cc1ccccc1. The predicted octanol–water partition coefficient (Wildman–Crippen LogP) is 4.00. The van der Waals surface area contributed by atoms with Gasteiger partial charge in [0.05, 0.1) is 0 Å². The van der Waals surface area contributed by atoms with Crippen LogP contribution in [-0.4, -0.2) is 0 Å². The summed E-state index contributed by atoms with van der Waals surface area (Å²) in [6.45, 7) is 7.38. The minimum absolute atomic E-state index is 1.08. The monoisotopic (exact) mass is 182 g/mol. The molecule has 0 aliphatic carbocycles. The van der Waals surface area contributed by atoms with Crippen LogP contribution in [0.25, 0.3) is 6.08 Å². The van der Waals surface area contributed by atoms with Gasteiger partial charge in [0.2, 0.25) is 0 Å². The Morgan fingerprint density at radius 2 is 1.79 bits per heavy atom. The largest absolute Gasteiger partial charge is 0.0991 e. The summed E-state index contributed by atoms with van der Waals surface area (Å²) in [5.74, 6) is 0. The molecule has 0 bridgehead atoms. The van der Waals surface area contributed by atoms with Crippen LogP contribution in [0.2, 0.25) is 0 Å². The van der Waals surface area contributed by atoms with E-state index in [9.17, 15) is 0 Å². The third-order valence-corrected chi connectivity index (χ3v) is 1.79. The second kappa shape index (κ2) is 5.76. The van der Waals surface area contributed by atoms with Crippen LogP contribution in [0.1, 0.15) is 5.56 Å². The van der Waals surface area contributed by atoms with Crippen molar-refractivity contribution in [1.82, 2.24) is 0 Å². The number of hydrogen-bond acceptors (Lipinski definition) is 0. The van der Waals surface area contributed by atoms with Gasteiger partial charge in [0.15, 0.2) is 0 Å². The van der Waals surface area contributed by atoms with Crippen LogP contribution in [0.5, 0.6) is 0 Å². The fraction of sp³-hybridized carbons (Fsp3) is 0. The van der Waals surface area contributed by atoms with Crippen molar-refractivity contribution in [3.05, 3.63) is 78.9 Å². The van der Waals surface area contributed by atoms with E-state index in [-0.39, 0.29) is 0 Å². The van der Waals surface area contributed by atoms with Gasteiger partial charge in [-0.25, -0.2) is 0 Å². The van der Waals surface area contributed by atoms with E-state index in [1.807, 2.05) is 36.4 Å². The maximum atomic E-state index is 3.76. The van der Waals surface area contributed by atoms with E-state index in [2.05, 4.69) is 31.4 Å². The van der Waals surface area contributed by atoms with Gasteiger partial charge in [-0.1, -0.05) is 67.8 Å². The first kappa shape index (κ1) is 10.3. The lowest BCUT2D eigenvalue weighted by molar-refractivity contribution is 1.63. The van der Waals surface area contributed by atoms with Gasteiger partial charge in [0, 0.05) is 0 Å². The van der Waals surface area contributed by atoms with Gasteiger partial charge in [0.25, 0.3) is 0 Å². The molecule has 0 saturated carbocycles. The quantitative estimate of drug-likeness (QED) is 0.617. The molecule has 70 valence electrons. The highest BCUT2D eigenvalue weighted by atomic mass is 13.9. The molecule has 0 aliphatic heterocycles. The second-order valence-electron chi connectivity index (χ2n) is 2.85. The Morgan fingerprint density at radius 3 is 2.36 bits per heavy atom. The van der Waals surface area contributed by atoms with Crippen molar-refractivity contribution in [2.75, 3.05) is 0 Å². The molecular weight excluding hydrogens is 168 g/mol. The van der Waals surface area contributed by atoms with Crippen LogP contribution in [0.4, 0.5) is 0 Å². The first-order valence-electron chi connectivity index (χ1n) is 4.55. The molecule has 0 heterocycles. The standard InChI is InChI=1S/C14H14/c1-3-5-9-13(4-2)12-14-10-7-6-8-11-14/h3-12H,1-2H2. The molecule has 0 fully saturated rings. The van der Waals surface area contributed by atoms with Crippen molar-refractivity contribution in [2.24, 2.45) is 0 Å². The van der Waals surface area contributed by atoms with Crippen LogP contribution >= 0.6 is 0 Å². The molecule has 0 unspecified atom stereocenters. The van der Waals surface area contributed by atoms with Gasteiger partial charge in [-0.2, -0.15) is 0 Å². The molecule has 1 aromatic rings. The molecule has 0 aromatic heterocycles. The maximum Gasteiger partial charge on any atom is -0.0251 e. The van der Waals surface area contributed by atoms with Crippen LogP contribution in [-0.2, 0) is 0 Å². The van der Waals surface area contributed by atoms with Crippen LogP contribution in [0.15, 0.2) is 73.4 Å². The first-order chi connectivity index (χ1) is 6.86. The predicted molar refractivity (Wildman–Crippen MR) is 64.0 cm³/mol. The van der Waals surface area contributed by atoms with E-state index in [0.717, 1.165) is 5.57 Å². The molecule has 1 rings (SSSR count). The number of rotatable bonds is 4. The lowest BCUT2D eigenvalue weighted by Crippen LogP contribution is -1.73. The zero-order chi connectivity index (χ0) is 10.2. The lowest BCUT2D eigenvalue weighted by Gasteiger charge is -1.94. The molecule has 0 spiro atoms. The Morgan fingerprint density at radius 1 is 1.07 bits per heavy atom. The summed E-state index contributed by atoms with van der Waals surface area (Å²) in [5.41, 5.74) is 2.26. The van der Waals surface area contributed by atoms with Crippen molar-refractivity contribution in [3.8, 4) is 0 Å². The Bertz CT molecular complexity index is 353. The van der Waals surface area contributed by atoms with Crippen molar-refractivity contribution >= 4 is 6.08 Å². The molecule has 0 amide bonds. The van der Waals surface area contributed by atoms with Crippen molar-refractivity contribution in [2.45, 2.75) is 0 Å². The highest BCUT2D eigenvalue weighted by Crippen LogP contribution is 2.08. The highest BCUT2D eigenvalue weighted by Gasteiger charge is 1.86. The van der Waals surface area contributed by atoms with Crippen molar-refractivity contribution < 1.29 is 0 Å². The van der Waals surface area contributed by atoms with E-state index in [1.165, 1.54) is 5.56 Å². The smallest absolute Gasteiger partial charge is 0.0251 e. The lowest BCUT2D eigenvalue weighted by atomic mass is 10.1.